The second-order valence-corrected chi connectivity index (χ2v) is 4.91. The van der Waals surface area contributed by atoms with E-state index in [4.69, 9.17) is 5.11 Å². The van der Waals surface area contributed by atoms with Gasteiger partial charge in [-0.15, -0.1) is 0 Å². The molecule has 0 saturated heterocycles. The molecule has 0 aliphatic rings. The summed E-state index contributed by atoms with van der Waals surface area (Å²) in [5, 5.41) is 11.6. The van der Waals surface area contributed by atoms with Gasteiger partial charge in [-0.3, -0.25) is 4.79 Å². The van der Waals surface area contributed by atoms with Crippen LogP contribution in [0, 0.1) is 5.92 Å². The summed E-state index contributed by atoms with van der Waals surface area (Å²) in [7, 11) is 1.71. The maximum atomic E-state index is 11.6. The van der Waals surface area contributed by atoms with Crippen LogP contribution in [0.25, 0.3) is 0 Å². The number of carbonyl (C=O) groups is 2. The molecule has 0 aliphatic carbocycles. The molecule has 0 aromatic rings. The van der Waals surface area contributed by atoms with Crippen LogP contribution in [0.4, 0.5) is 4.79 Å². The second-order valence-electron chi connectivity index (χ2n) is 3.92. The summed E-state index contributed by atoms with van der Waals surface area (Å²) in [4.78, 5) is 24.0. The van der Waals surface area contributed by atoms with Gasteiger partial charge < -0.3 is 15.3 Å². The number of hydrogen-bond acceptors (Lipinski definition) is 3. The topological polar surface area (TPSA) is 69.6 Å². The molecule has 1 atom stereocenters. The second kappa shape index (κ2) is 9.15. The molecule has 0 rings (SSSR count). The van der Waals surface area contributed by atoms with E-state index in [1.165, 1.54) is 0 Å². The Kier molecular flexibility index (Phi) is 8.66. The van der Waals surface area contributed by atoms with E-state index in [0.29, 0.717) is 13.0 Å². The number of carbonyl (C=O) groups excluding carboxylic acids is 1. The van der Waals surface area contributed by atoms with Crippen LogP contribution in [-0.4, -0.2) is 54.2 Å². The van der Waals surface area contributed by atoms with Crippen molar-refractivity contribution in [2.75, 3.05) is 32.1 Å². The average molecular weight is 262 g/mol. The third-order valence-electron chi connectivity index (χ3n) is 2.46. The van der Waals surface area contributed by atoms with Crippen molar-refractivity contribution >= 4 is 23.8 Å². The van der Waals surface area contributed by atoms with Crippen LogP contribution in [-0.2, 0) is 4.79 Å². The van der Waals surface area contributed by atoms with Gasteiger partial charge in [0.1, 0.15) is 0 Å². The molecule has 2 N–H and O–H groups in total. The highest BCUT2D eigenvalue weighted by Gasteiger charge is 2.18. The highest BCUT2D eigenvalue weighted by molar-refractivity contribution is 7.98. The van der Waals surface area contributed by atoms with Crippen LogP contribution < -0.4 is 5.32 Å². The van der Waals surface area contributed by atoms with E-state index in [1.807, 2.05) is 13.2 Å². The quantitative estimate of drug-likeness (QED) is 0.695. The van der Waals surface area contributed by atoms with Gasteiger partial charge in [-0.1, -0.05) is 13.3 Å². The zero-order valence-corrected chi connectivity index (χ0v) is 11.5. The highest BCUT2D eigenvalue weighted by Crippen LogP contribution is 2.05. The third-order valence-corrected chi connectivity index (χ3v) is 3.05. The number of aliphatic carboxylic acids is 1. The van der Waals surface area contributed by atoms with Gasteiger partial charge in [-0.25, -0.2) is 4.79 Å². The molecule has 6 heteroatoms. The number of urea groups is 1. The number of carboxylic acids is 1. The minimum Gasteiger partial charge on any atom is -0.481 e. The van der Waals surface area contributed by atoms with Crippen molar-refractivity contribution in [3.63, 3.8) is 0 Å². The summed E-state index contributed by atoms with van der Waals surface area (Å²) in [6.45, 7) is 2.80. The van der Waals surface area contributed by atoms with Crippen molar-refractivity contribution in [1.82, 2.24) is 10.2 Å². The number of carboxylic acid groups (broad SMARTS) is 1. The molecule has 1 unspecified atom stereocenters. The summed E-state index contributed by atoms with van der Waals surface area (Å²) in [6.07, 6.45) is 3.37. The molecule has 2 amide bonds. The predicted molar refractivity (Wildman–Crippen MR) is 70.4 cm³/mol. The maximum absolute atomic E-state index is 11.6. The molecular weight excluding hydrogens is 240 g/mol. The number of rotatable bonds is 8. The number of thioether (sulfide) groups is 1. The SMILES string of the molecule is CCCC(CNC(=O)N(C)CCSC)C(=O)O. The Labute approximate surface area is 107 Å². The van der Waals surface area contributed by atoms with E-state index in [0.717, 1.165) is 12.2 Å². The minimum atomic E-state index is -0.848. The largest absolute Gasteiger partial charge is 0.481 e. The van der Waals surface area contributed by atoms with E-state index < -0.39 is 11.9 Å². The lowest BCUT2D eigenvalue weighted by Gasteiger charge is -2.19. The van der Waals surface area contributed by atoms with Crippen molar-refractivity contribution in [1.29, 1.82) is 0 Å². The molecule has 0 heterocycles. The monoisotopic (exact) mass is 262 g/mol. The standard InChI is InChI=1S/C11H22N2O3S/c1-4-5-9(10(14)15)8-12-11(16)13(2)6-7-17-3/h9H,4-8H2,1-3H3,(H,12,16)(H,14,15). The van der Waals surface area contributed by atoms with Crippen molar-refractivity contribution in [2.45, 2.75) is 19.8 Å². The van der Waals surface area contributed by atoms with Crippen LogP contribution in [0.15, 0.2) is 0 Å². The van der Waals surface area contributed by atoms with Gasteiger partial charge in [0.2, 0.25) is 0 Å². The zero-order valence-electron chi connectivity index (χ0n) is 10.7. The first-order valence-corrected chi connectivity index (χ1v) is 7.13. The molecule has 5 nitrogen and oxygen atoms in total. The summed E-state index contributed by atoms with van der Waals surface area (Å²) >= 11 is 1.67. The fourth-order valence-electron chi connectivity index (χ4n) is 1.34. The van der Waals surface area contributed by atoms with Crippen molar-refractivity contribution in [3.05, 3.63) is 0 Å². The van der Waals surface area contributed by atoms with Gasteiger partial charge in [-0.05, 0) is 12.7 Å². The third kappa shape index (κ3) is 7.10. The lowest BCUT2D eigenvalue weighted by Crippen LogP contribution is -2.41. The van der Waals surface area contributed by atoms with E-state index in [2.05, 4.69) is 5.32 Å². The van der Waals surface area contributed by atoms with E-state index >= 15 is 0 Å². The Morgan fingerprint density at radius 1 is 1.47 bits per heavy atom. The molecular formula is C11H22N2O3S. The van der Waals surface area contributed by atoms with Crippen molar-refractivity contribution < 1.29 is 14.7 Å². The molecule has 0 aliphatic heterocycles. The first-order chi connectivity index (χ1) is 8.02. The lowest BCUT2D eigenvalue weighted by molar-refractivity contribution is -0.141. The Hall–Kier alpha value is -0.910. The van der Waals surface area contributed by atoms with Gasteiger partial charge in [0, 0.05) is 25.9 Å². The Balaban J connectivity index is 3.98. The average Bonchev–Trinajstić information content (AvgIpc) is 2.30. The Bertz CT molecular complexity index is 249. The van der Waals surface area contributed by atoms with Crippen LogP contribution in [0.2, 0.25) is 0 Å². The summed E-state index contributed by atoms with van der Waals surface area (Å²) in [6, 6.07) is -0.207. The number of nitrogens with one attached hydrogen (secondary N) is 1. The smallest absolute Gasteiger partial charge is 0.317 e. The van der Waals surface area contributed by atoms with Crippen molar-refractivity contribution in [3.8, 4) is 0 Å². The van der Waals surface area contributed by atoms with E-state index in [1.54, 1.807) is 23.7 Å². The Morgan fingerprint density at radius 3 is 2.59 bits per heavy atom. The lowest BCUT2D eigenvalue weighted by atomic mass is 10.0. The van der Waals surface area contributed by atoms with Crippen LogP contribution in [0.5, 0.6) is 0 Å². The molecule has 0 aromatic heterocycles. The fourth-order valence-corrected chi connectivity index (χ4v) is 1.79. The highest BCUT2D eigenvalue weighted by atomic mass is 32.2. The molecule has 0 radical (unpaired) electrons. The number of amides is 2. The zero-order chi connectivity index (χ0) is 13.3. The van der Waals surface area contributed by atoms with Crippen LogP contribution in [0.3, 0.4) is 0 Å². The van der Waals surface area contributed by atoms with Crippen LogP contribution in [0.1, 0.15) is 19.8 Å². The molecule has 100 valence electrons. The predicted octanol–water partition coefficient (Wildman–Crippen LogP) is 1.49. The van der Waals surface area contributed by atoms with Gasteiger partial charge in [0.15, 0.2) is 0 Å². The van der Waals surface area contributed by atoms with E-state index in [9.17, 15) is 9.59 Å². The normalized spacial score (nSPS) is 11.9. The minimum absolute atomic E-state index is 0.200. The number of hydrogen-bond donors (Lipinski definition) is 2. The first-order valence-electron chi connectivity index (χ1n) is 5.73. The molecule has 0 aromatic carbocycles. The Morgan fingerprint density at radius 2 is 2.12 bits per heavy atom. The molecule has 0 bridgehead atoms. The van der Waals surface area contributed by atoms with E-state index in [-0.39, 0.29) is 12.6 Å². The van der Waals surface area contributed by atoms with Crippen LogP contribution >= 0.6 is 11.8 Å². The summed E-state index contributed by atoms with van der Waals surface area (Å²) < 4.78 is 0. The first kappa shape index (κ1) is 16.1. The van der Waals surface area contributed by atoms with Gasteiger partial charge in [0.05, 0.1) is 5.92 Å². The molecule has 0 spiro atoms. The van der Waals surface area contributed by atoms with Gasteiger partial charge in [-0.2, -0.15) is 11.8 Å². The van der Waals surface area contributed by atoms with Gasteiger partial charge in [0.25, 0.3) is 0 Å². The fraction of sp³-hybridized carbons (Fsp3) is 0.818. The maximum Gasteiger partial charge on any atom is 0.317 e. The summed E-state index contributed by atoms with van der Waals surface area (Å²) in [5.41, 5.74) is 0. The summed E-state index contributed by atoms with van der Waals surface area (Å²) in [5.74, 6) is -0.460. The number of nitrogens with zero attached hydrogens (tertiary/aromatic N) is 1. The van der Waals surface area contributed by atoms with Gasteiger partial charge >= 0.3 is 12.0 Å². The van der Waals surface area contributed by atoms with Crippen molar-refractivity contribution in [2.24, 2.45) is 5.92 Å². The molecule has 0 saturated carbocycles. The molecule has 17 heavy (non-hydrogen) atoms. The molecule has 0 fully saturated rings.